The first kappa shape index (κ1) is 14.7. The number of carbonyl (C=O) groups excluding carboxylic acids is 2. The maximum absolute atomic E-state index is 10.6. The summed E-state index contributed by atoms with van der Waals surface area (Å²) in [6.45, 7) is 0.808. The molecule has 3 saturated heterocycles. The van der Waals surface area contributed by atoms with Crippen LogP contribution in [-0.2, 0) is 28.5 Å². The Morgan fingerprint density at radius 3 is 2.81 bits per heavy atom. The highest BCUT2D eigenvalue weighted by Gasteiger charge is 2.67. The van der Waals surface area contributed by atoms with Gasteiger partial charge in [-0.3, -0.25) is 14.9 Å². The van der Waals surface area contributed by atoms with E-state index in [0.29, 0.717) is 6.54 Å². The fourth-order valence-electron chi connectivity index (χ4n) is 3.47. The molecule has 3 heterocycles. The lowest BCUT2D eigenvalue weighted by atomic mass is 9.85. The average Bonchev–Trinajstić information content (AvgIpc) is 2.97. The Morgan fingerprint density at radius 1 is 1.29 bits per heavy atom. The Kier molecular flexibility index (Phi) is 3.84. The van der Waals surface area contributed by atoms with E-state index >= 15 is 0 Å². The van der Waals surface area contributed by atoms with Gasteiger partial charge in [-0.2, -0.15) is 0 Å². The van der Waals surface area contributed by atoms with Gasteiger partial charge in [0.2, 0.25) is 0 Å². The van der Waals surface area contributed by atoms with Crippen molar-refractivity contribution in [3.63, 3.8) is 0 Å². The molecule has 9 heteroatoms. The van der Waals surface area contributed by atoms with E-state index in [2.05, 4.69) is 5.32 Å². The van der Waals surface area contributed by atoms with Crippen molar-refractivity contribution >= 4 is 12.9 Å². The van der Waals surface area contributed by atoms with Crippen molar-refractivity contribution in [1.82, 2.24) is 5.32 Å². The standard InChI is InChI=1S/C12H17NO8/c14-4-18-3-12-6(1-13-11(12)20-5-15)9-10(21-12)8(17)7(16)2-19-9/h4-11,13,16-17H,1-3H2/t6?,7-,8-,9+,10+,11+,12-/m1/s1. The molecule has 0 aromatic rings. The fraction of sp³-hybridized carbons (Fsp3) is 0.833. The number of fused-ring (bicyclic) bond motifs is 3. The second-order valence-electron chi connectivity index (χ2n) is 5.43. The minimum Gasteiger partial charge on any atom is -0.465 e. The molecule has 3 N–H and O–H groups in total. The number of carbonyl (C=O) groups is 2. The second-order valence-corrected chi connectivity index (χ2v) is 5.43. The van der Waals surface area contributed by atoms with Gasteiger partial charge in [0, 0.05) is 12.5 Å². The van der Waals surface area contributed by atoms with E-state index in [1.54, 1.807) is 0 Å². The van der Waals surface area contributed by atoms with Crippen LogP contribution in [0, 0.1) is 5.92 Å². The summed E-state index contributed by atoms with van der Waals surface area (Å²) in [4.78, 5) is 21.2. The molecule has 21 heavy (non-hydrogen) atoms. The molecule has 0 aromatic heterocycles. The molecule has 9 nitrogen and oxygen atoms in total. The Labute approximate surface area is 120 Å². The van der Waals surface area contributed by atoms with E-state index in [1.807, 2.05) is 0 Å². The van der Waals surface area contributed by atoms with E-state index in [1.165, 1.54) is 0 Å². The molecule has 0 aliphatic carbocycles. The lowest BCUT2D eigenvalue weighted by Crippen LogP contribution is -2.54. The molecule has 0 spiro atoms. The van der Waals surface area contributed by atoms with E-state index in [-0.39, 0.29) is 32.1 Å². The topological polar surface area (TPSA) is 124 Å². The summed E-state index contributed by atoms with van der Waals surface area (Å²) in [6, 6.07) is 0. The molecule has 0 aromatic carbocycles. The van der Waals surface area contributed by atoms with Gasteiger partial charge < -0.3 is 29.2 Å². The van der Waals surface area contributed by atoms with Crippen molar-refractivity contribution in [2.24, 2.45) is 5.92 Å². The van der Waals surface area contributed by atoms with Gasteiger partial charge in [0.1, 0.15) is 24.9 Å². The predicted molar refractivity (Wildman–Crippen MR) is 63.8 cm³/mol. The van der Waals surface area contributed by atoms with Gasteiger partial charge in [-0.15, -0.1) is 0 Å². The third-order valence-electron chi connectivity index (χ3n) is 4.43. The van der Waals surface area contributed by atoms with Crippen molar-refractivity contribution in [3.8, 4) is 0 Å². The van der Waals surface area contributed by atoms with Crippen LogP contribution in [0.3, 0.4) is 0 Å². The molecule has 0 bridgehead atoms. The Hall–Kier alpha value is -1.26. The maximum atomic E-state index is 10.6. The Bertz CT molecular complexity index is 420. The van der Waals surface area contributed by atoms with E-state index < -0.39 is 36.2 Å². The van der Waals surface area contributed by atoms with Crippen LogP contribution in [0.5, 0.6) is 0 Å². The number of hydrogen-bond acceptors (Lipinski definition) is 9. The number of nitrogens with one attached hydrogen (secondary N) is 1. The summed E-state index contributed by atoms with van der Waals surface area (Å²) in [5.41, 5.74) is -1.14. The van der Waals surface area contributed by atoms with Gasteiger partial charge in [-0.1, -0.05) is 0 Å². The first-order valence-electron chi connectivity index (χ1n) is 6.67. The number of aliphatic hydroxyl groups excluding tert-OH is 2. The van der Waals surface area contributed by atoms with Crippen LogP contribution in [0.4, 0.5) is 0 Å². The predicted octanol–water partition coefficient (Wildman–Crippen LogP) is -2.86. The van der Waals surface area contributed by atoms with Crippen LogP contribution < -0.4 is 5.32 Å². The molecule has 3 fully saturated rings. The molecular formula is C12H17NO8. The van der Waals surface area contributed by atoms with E-state index in [4.69, 9.17) is 18.9 Å². The average molecular weight is 303 g/mol. The highest BCUT2D eigenvalue weighted by Crippen LogP contribution is 2.46. The summed E-state index contributed by atoms with van der Waals surface area (Å²) in [7, 11) is 0. The molecule has 3 aliphatic rings. The Morgan fingerprint density at radius 2 is 2.10 bits per heavy atom. The van der Waals surface area contributed by atoms with Crippen molar-refractivity contribution < 1.29 is 38.7 Å². The molecule has 118 valence electrons. The highest BCUT2D eigenvalue weighted by atomic mass is 16.6. The summed E-state index contributed by atoms with van der Waals surface area (Å²) < 4.78 is 21.2. The normalized spacial score (nSPS) is 48.3. The fourth-order valence-corrected chi connectivity index (χ4v) is 3.47. The van der Waals surface area contributed by atoms with Crippen molar-refractivity contribution in [3.05, 3.63) is 0 Å². The smallest absolute Gasteiger partial charge is 0.294 e. The van der Waals surface area contributed by atoms with E-state index in [9.17, 15) is 19.8 Å². The van der Waals surface area contributed by atoms with Gasteiger partial charge in [0.05, 0.1) is 12.7 Å². The molecule has 1 unspecified atom stereocenters. The molecule has 7 atom stereocenters. The zero-order chi connectivity index (χ0) is 15.0. The largest absolute Gasteiger partial charge is 0.465 e. The summed E-state index contributed by atoms with van der Waals surface area (Å²) in [6.07, 6.45) is -4.23. The summed E-state index contributed by atoms with van der Waals surface area (Å²) in [5.74, 6) is -0.283. The first-order valence-corrected chi connectivity index (χ1v) is 6.67. The summed E-state index contributed by atoms with van der Waals surface area (Å²) >= 11 is 0. The monoisotopic (exact) mass is 303 g/mol. The molecule has 3 rings (SSSR count). The van der Waals surface area contributed by atoms with Gasteiger partial charge >= 0.3 is 0 Å². The SMILES string of the molecule is O=COC[C@@]12O[C@H]3[C@H](O)[C@H](O)CO[C@H]3C1CN[C@H]2OC=O. The van der Waals surface area contributed by atoms with Crippen LogP contribution >= 0.6 is 0 Å². The van der Waals surface area contributed by atoms with Gasteiger partial charge in [0.15, 0.2) is 11.8 Å². The molecule has 3 aliphatic heterocycles. The molecular weight excluding hydrogens is 286 g/mol. The quantitative estimate of drug-likeness (QED) is 0.460. The maximum Gasteiger partial charge on any atom is 0.294 e. The molecule has 0 saturated carbocycles. The van der Waals surface area contributed by atoms with Crippen LogP contribution in [0.25, 0.3) is 0 Å². The number of hydrogen-bond donors (Lipinski definition) is 3. The number of aliphatic hydroxyl groups is 2. The zero-order valence-corrected chi connectivity index (χ0v) is 11.1. The third-order valence-corrected chi connectivity index (χ3v) is 4.43. The lowest BCUT2D eigenvalue weighted by molar-refractivity contribution is -0.211. The van der Waals surface area contributed by atoms with E-state index in [0.717, 1.165) is 0 Å². The lowest BCUT2D eigenvalue weighted by Gasteiger charge is -2.35. The third kappa shape index (κ3) is 2.12. The second kappa shape index (κ2) is 5.50. The van der Waals surface area contributed by atoms with Gasteiger partial charge in [-0.25, -0.2) is 0 Å². The van der Waals surface area contributed by atoms with Crippen LogP contribution in [-0.4, -0.2) is 79.2 Å². The summed E-state index contributed by atoms with van der Waals surface area (Å²) in [5, 5.41) is 22.7. The minimum atomic E-state index is -1.14. The molecule has 0 radical (unpaired) electrons. The minimum absolute atomic E-state index is 0.00792. The van der Waals surface area contributed by atoms with Crippen LogP contribution in [0.1, 0.15) is 0 Å². The van der Waals surface area contributed by atoms with Crippen LogP contribution in [0.15, 0.2) is 0 Å². The Balaban J connectivity index is 1.88. The first-order chi connectivity index (χ1) is 10.1. The van der Waals surface area contributed by atoms with Crippen molar-refractivity contribution in [1.29, 1.82) is 0 Å². The van der Waals surface area contributed by atoms with Gasteiger partial charge in [0.25, 0.3) is 12.9 Å². The van der Waals surface area contributed by atoms with Crippen LogP contribution in [0.2, 0.25) is 0 Å². The number of ether oxygens (including phenoxy) is 4. The highest BCUT2D eigenvalue weighted by molar-refractivity contribution is 5.39. The van der Waals surface area contributed by atoms with Crippen molar-refractivity contribution in [2.45, 2.75) is 36.2 Å². The zero-order valence-electron chi connectivity index (χ0n) is 11.1. The van der Waals surface area contributed by atoms with Crippen molar-refractivity contribution in [2.75, 3.05) is 19.8 Å². The molecule has 0 amide bonds. The van der Waals surface area contributed by atoms with Gasteiger partial charge in [-0.05, 0) is 0 Å². The number of rotatable bonds is 5.